The summed E-state index contributed by atoms with van der Waals surface area (Å²) >= 11 is 0. The molecule has 0 aromatic carbocycles. The smallest absolute Gasteiger partial charge is 0.267 e. The Hall–Kier alpha value is -1.01. The van der Waals surface area contributed by atoms with Crippen molar-refractivity contribution in [3.8, 4) is 0 Å². The van der Waals surface area contributed by atoms with Gasteiger partial charge in [0.05, 0.1) is 0 Å². The Bertz CT molecular complexity index is 564. The van der Waals surface area contributed by atoms with Gasteiger partial charge in [0.2, 0.25) is 0 Å². The quantitative estimate of drug-likeness (QED) is 0.620. The monoisotopic (exact) mass is 320 g/mol. The van der Waals surface area contributed by atoms with E-state index >= 15 is 0 Å². The lowest BCUT2D eigenvalue weighted by Gasteiger charge is -2.08. The van der Waals surface area contributed by atoms with Crippen LogP contribution < -0.4 is 5.32 Å². The van der Waals surface area contributed by atoms with Crippen LogP contribution in [0.25, 0.3) is 0 Å². The molecule has 1 N–H and O–H groups in total. The van der Waals surface area contributed by atoms with Crippen molar-refractivity contribution in [2.45, 2.75) is 45.1 Å². The third-order valence-corrected chi connectivity index (χ3v) is 4.29. The van der Waals surface area contributed by atoms with Gasteiger partial charge in [0.25, 0.3) is 15.0 Å². The lowest BCUT2D eigenvalue weighted by molar-refractivity contribution is 0.0943. The van der Waals surface area contributed by atoms with Crippen molar-refractivity contribution in [2.24, 2.45) is 5.92 Å². The van der Waals surface area contributed by atoms with Gasteiger partial charge in [-0.25, -0.2) is 8.42 Å². The maximum absolute atomic E-state index is 12.0. The number of carbonyl (C=O) groups is 1. The highest BCUT2D eigenvalue weighted by atomic mass is 35.7. The van der Waals surface area contributed by atoms with Gasteiger partial charge in [-0.3, -0.25) is 4.79 Å². The summed E-state index contributed by atoms with van der Waals surface area (Å²) in [5.74, 6) is 0.321. The van der Waals surface area contributed by atoms with Gasteiger partial charge in [-0.15, -0.1) is 0 Å². The van der Waals surface area contributed by atoms with Crippen LogP contribution in [-0.4, -0.2) is 25.4 Å². The molecule has 0 bridgehead atoms. The predicted molar refractivity (Wildman–Crippen MR) is 79.6 cm³/mol. The summed E-state index contributed by atoms with van der Waals surface area (Å²) in [6.45, 7) is 7.17. The number of hydrogen-bond acceptors (Lipinski definition) is 3. The second-order valence-corrected chi connectivity index (χ2v) is 7.64. The molecule has 7 heteroatoms. The Morgan fingerprint density at radius 1 is 1.45 bits per heavy atom. The van der Waals surface area contributed by atoms with Crippen LogP contribution >= 0.6 is 10.7 Å². The number of aryl methyl sites for hydroxylation is 1. The van der Waals surface area contributed by atoms with E-state index in [4.69, 9.17) is 10.7 Å². The van der Waals surface area contributed by atoms with E-state index in [1.165, 1.54) is 12.3 Å². The first-order chi connectivity index (χ1) is 9.25. The molecule has 0 unspecified atom stereocenters. The average Bonchev–Trinajstić information content (AvgIpc) is 2.78. The molecule has 114 valence electrons. The molecule has 1 heterocycles. The van der Waals surface area contributed by atoms with Gasteiger partial charge >= 0.3 is 0 Å². The average molecular weight is 321 g/mol. The Morgan fingerprint density at radius 2 is 2.10 bits per heavy atom. The lowest BCUT2D eigenvalue weighted by Crippen LogP contribution is -2.26. The van der Waals surface area contributed by atoms with Crippen molar-refractivity contribution >= 4 is 25.6 Å². The second-order valence-electron chi connectivity index (χ2n) is 5.08. The first kappa shape index (κ1) is 17.0. The molecular weight excluding hydrogens is 300 g/mol. The molecule has 1 aromatic rings. The van der Waals surface area contributed by atoms with Crippen molar-refractivity contribution in [3.05, 3.63) is 18.0 Å². The van der Waals surface area contributed by atoms with E-state index in [9.17, 15) is 13.2 Å². The van der Waals surface area contributed by atoms with Crippen LogP contribution in [0.1, 0.15) is 44.1 Å². The number of rotatable bonds is 7. The Balaban J connectivity index is 2.75. The van der Waals surface area contributed by atoms with E-state index in [1.807, 2.05) is 6.92 Å². The lowest BCUT2D eigenvalue weighted by atomic mass is 10.1. The molecule has 0 saturated carbocycles. The van der Waals surface area contributed by atoms with Crippen LogP contribution in [0.2, 0.25) is 0 Å². The molecule has 0 radical (unpaired) electrons. The molecule has 0 atom stereocenters. The first-order valence-corrected chi connectivity index (χ1v) is 8.99. The van der Waals surface area contributed by atoms with E-state index in [0.717, 1.165) is 12.8 Å². The van der Waals surface area contributed by atoms with Crippen molar-refractivity contribution in [2.75, 3.05) is 6.54 Å². The molecule has 0 saturated heterocycles. The Labute approximate surface area is 124 Å². The van der Waals surface area contributed by atoms with Gasteiger partial charge in [-0.1, -0.05) is 13.8 Å². The molecule has 1 rings (SSSR count). The van der Waals surface area contributed by atoms with Crippen molar-refractivity contribution in [1.29, 1.82) is 0 Å². The summed E-state index contributed by atoms with van der Waals surface area (Å²) in [7, 11) is 1.48. The highest BCUT2D eigenvalue weighted by Crippen LogP contribution is 2.18. The number of carbonyl (C=O) groups excluding carboxylic acids is 1. The van der Waals surface area contributed by atoms with Gasteiger partial charge in [0.1, 0.15) is 10.6 Å². The van der Waals surface area contributed by atoms with Crippen LogP contribution in [0.3, 0.4) is 0 Å². The fraction of sp³-hybridized carbons (Fsp3) is 0.615. The number of nitrogens with zero attached hydrogens (tertiary/aromatic N) is 1. The minimum Gasteiger partial charge on any atom is -0.351 e. The molecule has 0 aliphatic heterocycles. The summed E-state index contributed by atoms with van der Waals surface area (Å²) in [6, 6.07) is 1.31. The summed E-state index contributed by atoms with van der Waals surface area (Å²) in [4.78, 5) is 12.0. The van der Waals surface area contributed by atoms with Gasteiger partial charge in [-0.05, 0) is 31.7 Å². The maximum Gasteiger partial charge on any atom is 0.267 e. The third-order valence-electron chi connectivity index (χ3n) is 2.97. The van der Waals surface area contributed by atoms with E-state index in [-0.39, 0.29) is 10.8 Å². The largest absolute Gasteiger partial charge is 0.351 e. The van der Waals surface area contributed by atoms with Crippen LogP contribution in [-0.2, 0) is 15.6 Å². The van der Waals surface area contributed by atoms with Crippen LogP contribution in [0.15, 0.2) is 17.2 Å². The second kappa shape index (κ2) is 7.13. The molecule has 0 aliphatic rings. The van der Waals surface area contributed by atoms with Crippen LogP contribution in [0.5, 0.6) is 0 Å². The minimum atomic E-state index is -3.81. The van der Waals surface area contributed by atoms with Crippen LogP contribution in [0.4, 0.5) is 0 Å². The molecule has 20 heavy (non-hydrogen) atoms. The topological polar surface area (TPSA) is 68.2 Å². The van der Waals surface area contributed by atoms with Crippen molar-refractivity contribution in [3.63, 3.8) is 0 Å². The molecule has 0 spiro atoms. The first-order valence-electron chi connectivity index (χ1n) is 6.68. The highest BCUT2D eigenvalue weighted by molar-refractivity contribution is 8.13. The molecular formula is C13H21ClN2O3S. The third kappa shape index (κ3) is 4.83. The zero-order valence-electron chi connectivity index (χ0n) is 12.0. The van der Waals surface area contributed by atoms with Crippen molar-refractivity contribution in [1.82, 2.24) is 9.88 Å². The standard InChI is InChI=1S/C13H21ClN2O3S/c1-4-16-9-11(20(14,18)19)8-12(16)13(17)15-7-5-6-10(2)3/h8-10H,4-7H2,1-3H3,(H,15,17). The zero-order valence-corrected chi connectivity index (χ0v) is 13.6. The highest BCUT2D eigenvalue weighted by Gasteiger charge is 2.19. The minimum absolute atomic E-state index is 0.0478. The summed E-state index contributed by atoms with van der Waals surface area (Å²) < 4.78 is 24.2. The molecule has 0 aliphatic carbocycles. The van der Waals surface area contributed by atoms with Crippen LogP contribution in [0, 0.1) is 5.92 Å². The fourth-order valence-corrected chi connectivity index (χ4v) is 2.63. The molecule has 5 nitrogen and oxygen atoms in total. The van der Waals surface area contributed by atoms with Gasteiger partial charge in [-0.2, -0.15) is 0 Å². The normalized spacial score (nSPS) is 11.8. The number of hydrogen-bond donors (Lipinski definition) is 1. The SMILES string of the molecule is CCn1cc(S(=O)(=O)Cl)cc1C(=O)NCCCC(C)C. The zero-order chi connectivity index (χ0) is 15.3. The maximum atomic E-state index is 12.0. The number of aromatic nitrogens is 1. The summed E-state index contributed by atoms with van der Waals surface area (Å²) in [5, 5.41) is 2.80. The predicted octanol–water partition coefficient (Wildman–Crippen LogP) is 2.60. The molecule has 1 amide bonds. The number of amides is 1. The fourth-order valence-electron chi connectivity index (χ4n) is 1.87. The number of halogens is 1. The summed E-state index contributed by atoms with van der Waals surface area (Å²) in [6.07, 6.45) is 3.32. The van der Waals surface area contributed by atoms with Gasteiger partial charge in [0, 0.05) is 30.0 Å². The van der Waals surface area contributed by atoms with E-state index in [0.29, 0.717) is 24.7 Å². The van der Waals surface area contributed by atoms with E-state index in [2.05, 4.69) is 19.2 Å². The van der Waals surface area contributed by atoms with Gasteiger partial charge in [0.15, 0.2) is 0 Å². The Morgan fingerprint density at radius 3 is 2.60 bits per heavy atom. The molecule has 0 fully saturated rings. The molecule has 1 aromatic heterocycles. The van der Waals surface area contributed by atoms with Crippen molar-refractivity contribution < 1.29 is 13.2 Å². The van der Waals surface area contributed by atoms with Gasteiger partial charge < -0.3 is 9.88 Å². The van der Waals surface area contributed by atoms with E-state index in [1.54, 1.807) is 4.57 Å². The van der Waals surface area contributed by atoms with E-state index < -0.39 is 9.05 Å². The summed E-state index contributed by atoms with van der Waals surface area (Å²) in [5.41, 5.74) is 0.316. The Kier molecular flexibility index (Phi) is 6.07. The number of nitrogens with one attached hydrogen (secondary N) is 1.